The maximum Gasteiger partial charge on any atom is 0.136 e. The molecule has 0 saturated heterocycles. The summed E-state index contributed by atoms with van der Waals surface area (Å²) in [6, 6.07) is 10.0. The van der Waals surface area contributed by atoms with Crippen LogP contribution in [0, 0.1) is 0 Å². The second-order valence-corrected chi connectivity index (χ2v) is 6.66. The maximum absolute atomic E-state index is 10.3. The van der Waals surface area contributed by atoms with Gasteiger partial charge in [-0.25, -0.2) is 9.97 Å². The van der Waals surface area contributed by atoms with E-state index >= 15 is 0 Å². The highest BCUT2D eigenvalue weighted by atomic mass is 16.5. The molecule has 134 valence electrons. The lowest BCUT2D eigenvalue weighted by atomic mass is 10.1. The molecule has 0 bridgehead atoms. The Hall–Kier alpha value is -2.02. The van der Waals surface area contributed by atoms with Crippen molar-refractivity contribution >= 4 is 5.82 Å². The first-order valence-corrected chi connectivity index (χ1v) is 8.65. The van der Waals surface area contributed by atoms with Gasteiger partial charge < -0.3 is 14.7 Å². The molecule has 0 saturated carbocycles. The van der Waals surface area contributed by atoms with Gasteiger partial charge in [0.05, 0.1) is 25.0 Å². The number of hydrogen-bond acceptors (Lipinski definition) is 6. The van der Waals surface area contributed by atoms with Gasteiger partial charge in [-0.3, -0.25) is 4.90 Å². The fraction of sp³-hybridized carbons (Fsp3) is 0.474. The smallest absolute Gasteiger partial charge is 0.136 e. The molecule has 1 atom stereocenters. The SMILES string of the molecule is CN(C)c1ncnc2c1CN(C[C@H](O)COCc1ccccc1)CC2. The summed E-state index contributed by atoms with van der Waals surface area (Å²) in [5.74, 6) is 0.963. The van der Waals surface area contributed by atoms with Gasteiger partial charge in [0.25, 0.3) is 0 Å². The van der Waals surface area contributed by atoms with Gasteiger partial charge in [-0.15, -0.1) is 0 Å². The molecular formula is C19H26N4O2. The standard InChI is InChI=1S/C19H26N4O2/c1-22(2)19-17-11-23(9-8-18(17)20-14-21-19)10-16(24)13-25-12-15-6-4-3-5-7-15/h3-7,14,16,24H,8-13H2,1-2H3/t16-/m0/s1. The topological polar surface area (TPSA) is 61.7 Å². The molecule has 6 nitrogen and oxygen atoms in total. The van der Waals surface area contributed by atoms with E-state index < -0.39 is 6.10 Å². The Morgan fingerprint density at radius 1 is 1.24 bits per heavy atom. The predicted molar refractivity (Wildman–Crippen MR) is 97.4 cm³/mol. The Morgan fingerprint density at radius 2 is 2.04 bits per heavy atom. The molecular weight excluding hydrogens is 316 g/mol. The van der Waals surface area contributed by atoms with E-state index in [2.05, 4.69) is 14.9 Å². The van der Waals surface area contributed by atoms with Crippen LogP contribution in [0.4, 0.5) is 5.82 Å². The number of nitrogens with zero attached hydrogens (tertiary/aromatic N) is 4. The number of anilines is 1. The van der Waals surface area contributed by atoms with E-state index in [1.807, 2.05) is 49.3 Å². The minimum Gasteiger partial charge on any atom is -0.389 e. The van der Waals surface area contributed by atoms with Gasteiger partial charge in [-0.1, -0.05) is 30.3 Å². The number of rotatable bonds is 7. The molecule has 6 heteroatoms. The summed E-state index contributed by atoms with van der Waals surface area (Å²) in [4.78, 5) is 13.1. The van der Waals surface area contributed by atoms with Crippen molar-refractivity contribution < 1.29 is 9.84 Å². The van der Waals surface area contributed by atoms with Crippen LogP contribution in [0.3, 0.4) is 0 Å². The zero-order valence-electron chi connectivity index (χ0n) is 14.9. The highest BCUT2D eigenvalue weighted by molar-refractivity contribution is 5.48. The van der Waals surface area contributed by atoms with Crippen LogP contribution in [-0.2, 0) is 24.3 Å². The van der Waals surface area contributed by atoms with Crippen LogP contribution in [0.25, 0.3) is 0 Å². The highest BCUT2D eigenvalue weighted by Crippen LogP contribution is 2.24. The fourth-order valence-electron chi connectivity index (χ4n) is 3.16. The van der Waals surface area contributed by atoms with Crippen LogP contribution < -0.4 is 4.90 Å². The number of aliphatic hydroxyl groups is 1. The maximum atomic E-state index is 10.3. The summed E-state index contributed by atoms with van der Waals surface area (Å²) < 4.78 is 5.64. The van der Waals surface area contributed by atoms with Crippen molar-refractivity contribution in [3.05, 3.63) is 53.5 Å². The summed E-state index contributed by atoms with van der Waals surface area (Å²) in [5.41, 5.74) is 3.40. The zero-order valence-corrected chi connectivity index (χ0v) is 14.9. The van der Waals surface area contributed by atoms with Gasteiger partial charge in [-0.05, 0) is 5.56 Å². The second-order valence-electron chi connectivity index (χ2n) is 6.66. The number of ether oxygens (including phenoxy) is 1. The van der Waals surface area contributed by atoms with E-state index in [0.717, 1.165) is 42.1 Å². The van der Waals surface area contributed by atoms with Crippen LogP contribution in [0.1, 0.15) is 16.8 Å². The second kappa shape index (κ2) is 8.38. The third kappa shape index (κ3) is 4.75. The van der Waals surface area contributed by atoms with E-state index in [1.54, 1.807) is 6.33 Å². The number of hydrogen-bond donors (Lipinski definition) is 1. The lowest BCUT2D eigenvalue weighted by Crippen LogP contribution is -2.39. The zero-order chi connectivity index (χ0) is 17.6. The minimum atomic E-state index is -0.502. The van der Waals surface area contributed by atoms with Crippen molar-refractivity contribution in [2.45, 2.75) is 25.7 Å². The summed E-state index contributed by atoms with van der Waals surface area (Å²) in [5, 5.41) is 10.3. The third-order valence-electron chi connectivity index (χ3n) is 4.37. The number of aromatic nitrogens is 2. The van der Waals surface area contributed by atoms with Crippen molar-refractivity contribution in [1.29, 1.82) is 0 Å². The number of fused-ring (bicyclic) bond motifs is 1. The molecule has 3 rings (SSSR count). The minimum absolute atomic E-state index is 0.337. The molecule has 25 heavy (non-hydrogen) atoms. The molecule has 1 aromatic carbocycles. The Morgan fingerprint density at radius 3 is 2.80 bits per heavy atom. The van der Waals surface area contributed by atoms with Crippen LogP contribution in [0.2, 0.25) is 0 Å². The van der Waals surface area contributed by atoms with Crippen LogP contribution in [0.5, 0.6) is 0 Å². The van der Waals surface area contributed by atoms with Crippen LogP contribution >= 0.6 is 0 Å². The van der Waals surface area contributed by atoms with Crippen molar-refractivity contribution in [2.24, 2.45) is 0 Å². The summed E-state index contributed by atoms with van der Waals surface area (Å²) >= 11 is 0. The Kier molecular flexibility index (Phi) is 5.96. The molecule has 1 aromatic heterocycles. The van der Waals surface area contributed by atoms with E-state index in [9.17, 15) is 5.11 Å². The van der Waals surface area contributed by atoms with E-state index in [0.29, 0.717) is 19.8 Å². The van der Waals surface area contributed by atoms with Gasteiger partial charge >= 0.3 is 0 Å². The molecule has 0 amide bonds. The molecule has 0 unspecified atom stereocenters. The highest BCUT2D eigenvalue weighted by Gasteiger charge is 2.23. The van der Waals surface area contributed by atoms with E-state index in [-0.39, 0.29) is 0 Å². The van der Waals surface area contributed by atoms with E-state index in [4.69, 9.17) is 4.74 Å². The lowest BCUT2D eigenvalue weighted by Gasteiger charge is -2.31. The number of aliphatic hydroxyl groups excluding tert-OH is 1. The molecule has 1 aliphatic rings. The quantitative estimate of drug-likeness (QED) is 0.822. The Bertz CT molecular complexity index is 678. The predicted octanol–water partition coefficient (Wildman–Crippen LogP) is 1.48. The lowest BCUT2D eigenvalue weighted by molar-refractivity contribution is 0.00764. The van der Waals surface area contributed by atoms with Gasteiger partial charge in [-0.2, -0.15) is 0 Å². The molecule has 2 heterocycles. The third-order valence-corrected chi connectivity index (χ3v) is 4.37. The molecule has 2 aromatic rings. The number of benzene rings is 1. The molecule has 0 aliphatic carbocycles. The van der Waals surface area contributed by atoms with Crippen LogP contribution in [-0.4, -0.2) is 59.9 Å². The largest absolute Gasteiger partial charge is 0.389 e. The average molecular weight is 342 g/mol. The first-order valence-electron chi connectivity index (χ1n) is 8.65. The van der Waals surface area contributed by atoms with Crippen molar-refractivity contribution in [2.75, 3.05) is 38.7 Å². The molecule has 0 radical (unpaired) electrons. The monoisotopic (exact) mass is 342 g/mol. The van der Waals surface area contributed by atoms with Gasteiger partial charge in [0.2, 0.25) is 0 Å². The van der Waals surface area contributed by atoms with Gasteiger partial charge in [0.15, 0.2) is 0 Å². The molecule has 1 aliphatic heterocycles. The molecule has 1 N–H and O–H groups in total. The van der Waals surface area contributed by atoms with Crippen molar-refractivity contribution in [3.63, 3.8) is 0 Å². The molecule has 0 fully saturated rings. The van der Waals surface area contributed by atoms with Crippen molar-refractivity contribution in [1.82, 2.24) is 14.9 Å². The summed E-state index contributed by atoms with van der Waals surface area (Å²) in [6.07, 6.45) is 2.02. The average Bonchev–Trinajstić information content (AvgIpc) is 2.62. The fourth-order valence-corrected chi connectivity index (χ4v) is 3.16. The first kappa shape index (κ1) is 17.8. The Balaban J connectivity index is 1.50. The first-order chi connectivity index (χ1) is 12.1. The van der Waals surface area contributed by atoms with Gasteiger partial charge in [0, 0.05) is 45.7 Å². The van der Waals surface area contributed by atoms with E-state index in [1.165, 1.54) is 0 Å². The number of β-amino-alcohol motifs (C(OH)–C–C–N with tert-alkyl or cyclic N) is 1. The normalized spacial score (nSPS) is 15.6. The molecule has 0 spiro atoms. The van der Waals surface area contributed by atoms with Crippen molar-refractivity contribution in [3.8, 4) is 0 Å². The summed E-state index contributed by atoms with van der Waals surface area (Å²) in [7, 11) is 3.99. The summed E-state index contributed by atoms with van der Waals surface area (Å²) in [6.45, 7) is 3.12. The van der Waals surface area contributed by atoms with Gasteiger partial charge in [0.1, 0.15) is 12.1 Å². The Labute approximate surface area is 149 Å². The van der Waals surface area contributed by atoms with Crippen LogP contribution in [0.15, 0.2) is 36.7 Å².